The molecule has 4 heterocycles. The molecule has 0 aliphatic rings. The Bertz CT molecular complexity index is 1440. The summed E-state index contributed by atoms with van der Waals surface area (Å²) in [5.74, 6) is -5.35. The van der Waals surface area contributed by atoms with Crippen molar-refractivity contribution in [1.82, 2.24) is 0 Å². The van der Waals surface area contributed by atoms with Crippen LogP contribution >= 0.6 is 45.3 Å². The Kier molecular flexibility index (Phi) is 10.7. The van der Waals surface area contributed by atoms with E-state index in [1.54, 1.807) is 34.8 Å². The molecular formula is C34H34F4S4. The predicted octanol–water partition coefficient (Wildman–Crippen LogP) is 13.4. The van der Waals surface area contributed by atoms with Crippen LogP contribution in [0, 0.1) is 23.3 Å². The standard InChI is InChI=1S/C34H34F4S4/c1-3-5-7-9-13-21-19-25(41-33(21)23-15-11-17-39-23)27-29(35)31(37)28(32(38)30(27)36)26-20-22(14-10-8-6-4-2)34(42-26)24-16-12-18-40-24/h11-12,15-20H,3-10,13-14H2,1-2H3. The van der Waals surface area contributed by atoms with E-state index in [0.29, 0.717) is 0 Å². The van der Waals surface area contributed by atoms with Crippen LogP contribution in [0.25, 0.3) is 40.4 Å². The summed E-state index contributed by atoms with van der Waals surface area (Å²) < 4.78 is 63.3. The smallest absolute Gasteiger partial charge is 0.171 e. The Morgan fingerprint density at radius 2 is 0.929 bits per heavy atom. The van der Waals surface area contributed by atoms with Crippen molar-refractivity contribution in [1.29, 1.82) is 0 Å². The van der Waals surface area contributed by atoms with Gasteiger partial charge in [0.15, 0.2) is 23.3 Å². The van der Waals surface area contributed by atoms with Gasteiger partial charge >= 0.3 is 0 Å². The summed E-state index contributed by atoms with van der Waals surface area (Å²) in [6.45, 7) is 4.29. The molecule has 0 N–H and O–H groups in total. The monoisotopic (exact) mass is 646 g/mol. The summed E-state index contributed by atoms with van der Waals surface area (Å²) in [5, 5.41) is 3.91. The molecule has 0 aliphatic carbocycles. The third-order valence-corrected chi connectivity index (χ3v) is 12.0. The molecule has 0 radical (unpaired) electrons. The van der Waals surface area contributed by atoms with Gasteiger partial charge in [-0.3, -0.25) is 0 Å². The Hall–Kier alpha value is -2.26. The van der Waals surface area contributed by atoms with Gasteiger partial charge in [0, 0.05) is 29.3 Å². The number of unbranched alkanes of at least 4 members (excludes halogenated alkanes) is 6. The largest absolute Gasteiger partial charge is 0.203 e. The molecule has 0 saturated heterocycles. The average Bonchev–Trinajstić information content (AvgIpc) is 3.80. The summed E-state index contributed by atoms with van der Waals surface area (Å²) in [5.41, 5.74) is 0.685. The number of thiophene rings is 4. The van der Waals surface area contributed by atoms with Crippen LogP contribution in [0.1, 0.15) is 76.3 Å². The van der Waals surface area contributed by atoms with Gasteiger partial charge in [-0.1, -0.05) is 64.5 Å². The molecule has 0 fully saturated rings. The first-order chi connectivity index (χ1) is 20.4. The van der Waals surface area contributed by atoms with Crippen molar-refractivity contribution >= 4 is 45.3 Å². The van der Waals surface area contributed by atoms with E-state index >= 15 is 17.6 Å². The van der Waals surface area contributed by atoms with E-state index in [0.717, 1.165) is 94.8 Å². The molecule has 0 amide bonds. The lowest BCUT2D eigenvalue weighted by molar-refractivity contribution is 0.463. The van der Waals surface area contributed by atoms with Gasteiger partial charge in [0.25, 0.3) is 0 Å². The van der Waals surface area contributed by atoms with Gasteiger partial charge < -0.3 is 0 Å². The summed E-state index contributed by atoms with van der Waals surface area (Å²) in [4.78, 5) is 4.22. The van der Waals surface area contributed by atoms with Crippen LogP contribution in [0.4, 0.5) is 17.6 Å². The number of rotatable bonds is 14. The molecule has 0 bridgehead atoms. The number of benzene rings is 1. The zero-order valence-corrected chi connectivity index (χ0v) is 27.1. The maximum absolute atomic E-state index is 15.8. The van der Waals surface area contributed by atoms with Gasteiger partial charge in [-0.25, -0.2) is 17.6 Å². The first-order valence-electron chi connectivity index (χ1n) is 14.6. The van der Waals surface area contributed by atoms with E-state index in [1.165, 1.54) is 22.7 Å². The fourth-order valence-electron chi connectivity index (χ4n) is 5.26. The molecule has 0 spiro atoms. The topological polar surface area (TPSA) is 0 Å². The highest BCUT2D eigenvalue weighted by Gasteiger charge is 2.30. The van der Waals surface area contributed by atoms with Crippen molar-refractivity contribution in [3.63, 3.8) is 0 Å². The molecule has 0 unspecified atom stereocenters. The molecule has 0 aliphatic heterocycles. The summed E-state index contributed by atoms with van der Waals surface area (Å²) in [7, 11) is 0. The molecule has 0 atom stereocenters. The lowest BCUT2D eigenvalue weighted by Crippen LogP contribution is -2.02. The highest BCUT2D eigenvalue weighted by atomic mass is 32.1. The van der Waals surface area contributed by atoms with Crippen molar-refractivity contribution in [2.45, 2.75) is 78.1 Å². The van der Waals surface area contributed by atoms with Gasteiger partial charge in [0.05, 0.1) is 11.1 Å². The summed E-state index contributed by atoms with van der Waals surface area (Å²) in [6, 6.07) is 11.2. The third-order valence-electron chi connectivity index (χ3n) is 7.46. The highest BCUT2D eigenvalue weighted by molar-refractivity contribution is 7.24. The van der Waals surface area contributed by atoms with Gasteiger partial charge in [0.2, 0.25) is 0 Å². The summed E-state index contributed by atoms with van der Waals surface area (Å²) in [6.07, 6.45) is 9.94. The molecule has 5 rings (SSSR count). The second kappa shape index (κ2) is 14.5. The van der Waals surface area contributed by atoms with E-state index in [-0.39, 0.29) is 9.75 Å². The van der Waals surface area contributed by atoms with E-state index in [9.17, 15) is 0 Å². The minimum absolute atomic E-state index is 0.213. The Balaban J connectivity index is 1.55. The van der Waals surface area contributed by atoms with Crippen molar-refractivity contribution in [3.8, 4) is 40.4 Å². The second-order valence-corrected chi connectivity index (χ2v) is 14.5. The molecule has 0 saturated carbocycles. The van der Waals surface area contributed by atoms with E-state index < -0.39 is 34.4 Å². The normalized spacial score (nSPS) is 11.6. The fraction of sp³-hybridized carbons (Fsp3) is 0.353. The van der Waals surface area contributed by atoms with Gasteiger partial charge in [-0.2, -0.15) is 0 Å². The number of hydrogen-bond donors (Lipinski definition) is 0. The third kappa shape index (κ3) is 6.62. The van der Waals surface area contributed by atoms with Gasteiger partial charge in [-0.15, -0.1) is 45.3 Å². The Morgan fingerprint density at radius 3 is 1.26 bits per heavy atom. The molecule has 4 aromatic heterocycles. The van der Waals surface area contributed by atoms with Crippen LogP contribution in [0.15, 0.2) is 47.2 Å². The first-order valence-corrected chi connectivity index (χ1v) is 18.0. The van der Waals surface area contributed by atoms with Crippen LogP contribution in [-0.2, 0) is 12.8 Å². The van der Waals surface area contributed by atoms with Crippen LogP contribution in [0.2, 0.25) is 0 Å². The lowest BCUT2D eigenvalue weighted by Gasteiger charge is -2.10. The van der Waals surface area contributed by atoms with Crippen molar-refractivity contribution in [2.24, 2.45) is 0 Å². The van der Waals surface area contributed by atoms with Crippen LogP contribution in [0.3, 0.4) is 0 Å². The van der Waals surface area contributed by atoms with Crippen LogP contribution in [-0.4, -0.2) is 0 Å². The maximum Gasteiger partial charge on any atom is 0.171 e. The summed E-state index contributed by atoms with van der Waals surface area (Å²) >= 11 is 5.49. The van der Waals surface area contributed by atoms with E-state index in [2.05, 4.69) is 13.8 Å². The molecule has 8 heteroatoms. The molecule has 42 heavy (non-hydrogen) atoms. The van der Waals surface area contributed by atoms with Crippen LogP contribution in [0.5, 0.6) is 0 Å². The molecule has 1 aromatic carbocycles. The SMILES string of the molecule is CCCCCCc1cc(-c2c(F)c(F)c(-c3cc(CCCCCC)c(-c4cccs4)s3)c(F)c2F)sc1-c1cccs1. The first kappa shape index (κ1) is 31.2. The molecular weight excluding hydrogens is 613 g/mol. The van der Waals surface area contributed by atoms with E-state index in [1.807, 2.05) is 35.0 Å². The van der Waals surface area contributed by atoms with Gasteiger partial charge in [0.1, 0.15) is 0 Å². The zero-order chi connectivity index (χ0) is 29.6. The second-order valence-electron chi connectivity index (χ2n) is 10.5. The maximum atomic E-state index is 15.8. The van der Waals surface area contributed by atoms with Crippen molar-refractivity contribution in [3.05, 3.63) is 81.6 Å². The van der Waals surface area contributed by atoms with Crippen LogP contribution < -0.4 is 0 Å². The highest BCUT2D eigenvalue weighted by Crippen LogP contribution is 2.47. The molecule has 5 aromatic rings. The Morgan fingerprint density at radius 1 is 0.524 bits per heavy atom. The van der Waals surface area contributed by atoms with Gasteiger partial charge in [-0.05, 0) is 71.8 Å². The van der Waals surface area contributed by atoms with Crippen molar-refractivity contribution < 1.29 is 17.6 Å². The quantitative estimate of drug-likeness (QED) is 0.0640. The average molecular weight is 647 g/mol. The minimum Gasteiger partial charge on any atom is -0.203 e. The molecule has 222 valence electrons. The Labute approximate surface area is 261 Å². The fourth-order valence-corrected chi connectivity index (χ4v) is 9.52. The van der Waals surface area contributed by atoms with E-state index in [4.69, 9.17) is 0 Å². The zero-order valence-electron chi connectivity index (χ0n) is 23.8. The van der Waals surface area contributed by atoms with Crippen molar-refractivity contribution in [2.75, 3.05) is 0 Å². The number of hydrogen-bond acceptors (Lipinski definition) is 4. The molecule has 0 nitrogen and oxygen atoms in total. The number of aryl methyl sites for hydroxylation is 2. The predicted molar refractivity (Wildman–Crippen MR) is 175 cm³/mol. The minimum atomic E-state index is -1.34. The lowest BCUT2D eigenvalue weighted by atomic mass is 10.0. The number of halogens is 4.